The predicted octanol–water partition coefficient (Wildman–Crippen LogP) is 0.706. The number of carboxylic acid groups (broad SMARTS) is 1. The summed E-state index contributed by atoms with van der Waals surface area (Å²) < 4.78 is 0. The number of nitrogen functional groups attached to an aromatic ring is 1. The number of carbonyl (C=O) groups excluding carboxylic acids is 1. The van der Waals surface area contributed by atoms with Gasteiger partial charge in [0.25, 0.3) is 0 Å². The molecule has 1 amide bonds. The number of rotatable bonds is 2. The average Bonchev–Trinajstić information content (AvgIpc) is 2.62. The minimum atomic E-state index is -0.925. The minimum Gasteiger partial charge on any atom is -0.481 e. The van der Waals surface area contributed by atoms with E-state index in [2.05, 4.69) is 0 Å². The number of amides is 1. The quantitative estimate of drug-likeness (QED) is 0.719. The Bertz CT molecular complexity index is 427. The van der Waals surface area contributed by atoms with E-state index in [0.717, 1.165) is 0 Å². The second-order valence-electron chi connectivity index (χ2n) is 3.84. The summed E-state index contributed by atoms with van der Waals surface area (Å²) in [5, 5.41) is 8.84. The number of hydrogen-bond donors (Lipinski definition) is 2. The summed E-state index contributed by atoms with van der Waals surface area (Å²) in [5.74, 6) is -1.69. The topological polar surface area (TPSA) is 83.6 Å². The molecule has 0 aliphatic carbocycles. The zero-order chi connectivity index (χ0) is 11.7. The van der Waals surface area contributed by atoms with Crippen LogP contribution in [0.2, 0.25) is 0 Å². The van der Waals surface area contributed by atoms with Gasteiger partial charge >= 0.3 is 5.97 Å². The van der Waals surface area contributed by atoms with Crippen LogP contribution < -0.4 is 10.6 Å². The van der Waals surface area contributed by atoms with Gasteiger partial charge in [-0.05, 0) is 24.3 Å². The van der Waals surface area contributed by atoms with Crippen molar-refractivity contribution in [3.63, 3.8) is 0 Å². The van der Waals surface area contributed by atoms with Crippen LogP contribution in [-0.2, 0) is 9.59 Å². The van der Waals surface area contributed by atoms with Gasteiger partial charge in [-0.3, -0.25) is 9.59 Å². The van der Waals surface area contributed by atoms with Crippen molar-refractivity contribution >= 4 is 23.3 Å². The molecule has 5 heteroatoms. The lowest BCUT2D eigenvalue weighted by Crippen LogP contribution is -2.25. The zero-order valence-electron chi connectivity index (χ0n) is 8.59. The summed E-state index contributed by atoms with van der Waals surface area (Å²) in [6, 6.07) is 6.82. The lowest BCUT2D eigenvalue weighted by Gasteiger charge is -2.15. The highest BCUT2D eigenvalue weighted by molar-refractivity contribution is 5.99. The normalized spacial score (nSPS) is 20.1. The number of nitrogens with two attached hydrogens (primary N) is 1. The second kappa shape index (κ2) is 3.84. The van der Waals surface area contributed by atoms with Crippen molar-refractivity contribution in [2.75, 3.05) is 17.2 Å². The largest absolute Gasteiger partial charge is 0.481 e. The first-order chi connectivity index (χ1) is 7.58. The van der Waals surface area contributed by atoms with Crippen molar-refractivity contribution in [3.05, 3.63) is 24.3 Å². The van der Waals surface area contributed by atoms with Crippen LogP contribution in [0.15, 0.2) is 24.3 Å². The Kier molecular flexibility index (Phi) is 2.52. The third kappa shape index (κ3) is 1.84. The highest BCUT2D eigenvalue weighted by Crippen LogP contribution is 2.25. The molecule has 1 aliphatic rings. The van der Waals surface area contributed by atoms with E-state index in [1.807, 2.05) is 0 Å². The molecule has 5 nitrogen and oxygen atoms in total. The first-order valence-electron chi connectivity index (χ1n) is 4.96. The molecule has 0 radical (unpaired) electrons. The van der Waals surface area contributed by atoms with Crippen molar-refractivity contribution in [1.29, 1.82) is 0 Å². The van der Waals surface area contributed by atoms with Gasteiger partial charge in [-0.1, -0.05) is 0 Å². The van der Waals surface area contributed by atoms with Crippen LogP contribution in [0.4, 0.5) is 11.4 Å². The van der Waals surface area contributed by atoms with Gasteiger partial charge in [0.2, 0.25) is 5.91 Å². The Morgan fingerprint density at radius 2 is 2.00 bits per heavy atom. The van der Waals surface area contributed by atoms with Gasteiger partial charge in [-0.25, -0.2) is 0 Å². The first-order valence-corrected chi connectivity index (χ1v) is 4.96. The molecule has 1 aliphatic heterocycles. The third-order valence-corrected chi connectivity index (χ3v) is 2.68. The standard InChI is InChI=1S/C11H12N2O3/c12-8-1-3-9(4-2-8)13-6-7(11(15)16)5-10(13)14/h1-4,7H,5-6,12H2,(H,15,16)/t7-/m0/s1. The van der Waals surface area contributed by atoms with E-state index in [-0.39, 0.29) is 18.9 Å². The molecule has 1 aromatic rings. The van der Waals surface area contributed by atoms with Crippen LogP contribution >= 0.6 is 0 Å². The molecule has 16 heavy (non-hydrogen) atoms. The SMILES string of the molecule is Nc1ccc(N2C[C@@H](C(=O)O)CC2=O)cc1. The molecule has 1 fully saturated rings. The van der Waals surface area contributed by atoms with E-state index in [1.54, 1.807) is 24.3 Å². The van der Waals surface area contributed by atoms with Gasteiger partial charge in [0.05, 0.1) is 5.92 Å². The van der Waals surface area contributed by atoms with Gasteiger partial charge in [0.1, 0.15) is 0 Å². The van der Waals surface area contributed by atoms with Crippen LogP contribution in [0, 0.1) is 5.92 Å². The molecule has 0 saturated carbocycles. The monoisotopic (exact) mass is 220 g/mol. The van der Waals surface area contributed by atoms with Crippen molar-refractivity contribution < 1.29 is 14.7 Å². The van der Waals surface area contributed by atoms with Gasteiger partial charge < -0.3 is 15.7 Å². The number of anilines is 2. The van der Waals surface area contributed by atoms with Gasteiger partial charge in [0, 0.05) is 24.3 Å². The molecule has 2 rings (SSSR count). The highest BCUT2D eigenvalue weighted by Gasteiger charge is 2.34. The van der Waals surface area contributed by atoms with Crippen molar-refractivity contribution in [3.8, 4) is 0 Å². The number of hydrogen-bond acceptors (Lipinski definition) is 3. The van der Waals surface area contributed by atoms with Crippen LogP contribution in [-0.4, -0.2) is 23.5 Å². The molecular formula is C11H12N2O3. The lowest BCUT2D eigenvalue weighted by molar-refractivity contribution is -0.141. The number of aliphatic carboxylic acids is 1. The summed E-state index contributed by atoms with van der Waals surface area (Å²) >= 11 is 0. The van der Waals surface area contributed by atoms with Crippen molar-refractivity contribution in [2.24, 2.45) is 5.92 Å². The fourth-order valence-electron chi connectivity index (χ4n) is 1.78. The fraction of sp³-hybridized carbons (Fsp3) is 0.273. The van der Waals surface area contributed by atoms with E-state index in [0.29, 0.717) is 11.4 Å². The fourth-order valence-corrected chi connectivity index (χ4v) is 1.78. The zero-order valence-corrected chi connectivity index (χ0v) is 8.59. The number of carbonyl (C=O) groups is 2. The maximum atomic E-state index is 11.6. The molecule has 0 bridgehead atoms. The molecule has 1 heterocycles. The van der Waals surface area contributed by atoms with Crippen molar-refractivity contribution in [1.82, 2.24) is 0 Å². The molecule has 1 saturated heterocycles. The summed E-state index contributed by atoms with van der Waals surface area (Å²) in [7, 11) is 0. The summed E-state index contributed by atoms with van der Waals surface area (Å²) in [6.45, 7) is 0.234. The Labute approximate surface area is 92.5 Å². The third-order valence-electron chi connectivity index (χ3n) is 2.68. The Morgan fingerprint density at radius 1 is 1.38 bits per heavy atom. The van der Waals surface area contributed by atoms with E-state index >= 15 is 0 Å². The first kappa shape index (κ1) is 10.5. The van der Waals surface area contributed by atoms with Crippen LogP contribution in [0.1, 0.15) is 6.42 Å². The average molecular weight is 220 g/mol. The molecular weight excluding hydrogens is 208 g/mol. The van der Waals surface area contributed by atoms with Crippen molar-refractivity contribution in [2.45, 2.75) is 6.42 Å². The van der Waals surface area contributed by atoms with Crippen LogP contribution in [0.3, 0.4) is 0 Å². The summed E-state index contributed by atoms with van der Waals surface area (Å²) in [6.07, 6.45) is 0.0692. The molecule has 0 unspecified atom stereocenters. The maximum absolute atomic E-state index is 11.6. The molecule has 1 aromatic carbocycles. The predicted molar refractivity (Wildman–Crippen MR) is 59.0 cm³/mol. The van der Waals surface area contributed by atoms with Crippen LogP contribution in [0.5, 0.6) is 0 Å². The molecule has 3 N–H and O–H groups in total. The van der Waals surface area contributed by atoms with Gasteiger partial charge in [-0.2, -0.15) is 0 Å². The van der Waals surface area contributed by atoms with E-state index < -0.39 is 11.9 Å². The van der Waals surface area contributed by atoms with Gasteiger partial charge in [0.15, 0.2) is 0 Å². The number of nitrogens with zero attached hydrogens (tertiary/aromatic N) is 1. The minimum absolute atomic E-state index is 0.0692. The molecule has 0 spiro atoms. The molecule has 0 aromatic heterocycles. The molecule has 84 valence electrons. The van der Waals surface area contributed by atoms with Crippen LogP contribution in [0.25, 0.3) is 0 Å². The second-order valence-corrected chi connectivity index (χ2v) is 3.84. The Morgan fingerprint density at radius 3 is 2.50 bits per heavy atom. The Balaban J connectivity index is 2.20. The highest BCUT2D eigenvalue weighted by atomic mass is 16.4. The lowest BCUT2D eigenvalue weighted by atomic mass is 10.1. The van der Waals surface area contributed by atoms with E-state index in [4.69, 9.17) is 10.8 Å². The van der Waals surface area contributed by atoms with E-state index in [9.17, 15) is 9.59 Å². The summed E-state index contributed by atoms with van der Waals surface area (Å²) in [4.78, 5) is 23.9. The maximum Gasteiger partial charge on any atom is 0.308 e. The van der Waals surface area contributed by atoms with E-state index in [1.165, 1.54) is 4.90 Å². The Hall–Kier alpha value is -2.04. The number of benzene rings is 1. The molecule has 1 atom stereocenters. The number of carboxylic acids is 1. The summed E-state index contributed by atoms with van der Waals surface area (Å²) in [5.41, 5.74) is 6.85. The smallest absolute Gasteiger partial charge is 0.308 e. The van der Waals surface area contributed by atoms with Gasteiger partial charge in [-0.15, -0.1) is 0 Å².